The van der Waals surface area contributed by atoms with E-state index in [1.807, 2.05) is 0 Å². The van der Waals surface area contributed by atoms with Crippen molar-refractivity contribution in [2.24, 2.45) is 0 Å². The molecule has 0 aliphatic rings. The minimum absolute atomic E-state index is 0.0130. The third-order valence-electron chi connectivity index (χ3n) is 2.54. The Kier molecular flexibility index (Phi) is 5.28. The predicted octanol–water partition coefficient (Wildman–Crippen LogP) is 0.485. The minimum Gasteiger partial charge on any atom is -0.479 e. The third-order valence-corrected chi connectivity index (χ3v) is 4.10. The van der Waals surface area contributed by atoms with Crippen LogP contribution in [0.25, 0.3) is 0 Å². The molecule has 0 fully saturated rings. The molecule has 0 saturated heterocycles. The summed E-state index contributed by atoms with van der Waals surface area (Å²) >= 11 is 0. The molecule has 0 spiro atoms. The first-order valence-electron chi connectivity index (χ1n) is 5.73. The minimum atomic E-state index is -3.69. The summed E-state index contributed by atoms with van der Waals surface area (Å²) in [5.74, 6) is -0.649. The summed E-state index contributed by atoms with van der Waals surface area (Å²) < 4.78 is 36.8. The summed E-state index contributed by atoms with van der Waals surface area (Å²) in [4.78, 5) is 15.2. The van der Waals surface area contributed by atoms with E-state index in [-0.39, 0.29) is 17.3 Å². The molecule has 0 aromatic carbocycles. The number of nitrogens with zero attached hydrogens (tertiary/aromatic N) is 2. The number of nitrogens with one attached hydrogen (secondary N) is 1. The molecule has 0 aliphatic heterocycles. The van der Waals surface area contributed by atoms with Crippen molar-refractivity contribution in [2.75, 3.05) is 32.5 Å². The molecule has 112 valence electrons. The van der Waals surface area contributed by atoms with Crippen molar-refractivity contribution in [3.63, 3.8) is 0 Å². The quantitative estimate of drug-likeness (QED) is 0.768. The summed E-state index contributed by atoms with van der Waals surface area (Å²) in [7, 11) is 0.298. The molecule has 1 N–H and O–H groups in total. The Labute approximate surface area is 117 Å². The van der Waals surface area contributed by atoms with Gasteiger partial charge in [0.2, 0.25) is 5.88 Å². The van der Waals surface area contributed by atoms with E-state index in [0.29, 0.717) is 6.54 Å². The Hall–Kier alpha value is -1.87. The lowest BCUT2D eigenvalue weighted by Crippen LogP contribution is -2.32. The van der Waals surface area contributed by atoms with Gasteiger partial charge < -0.3 is 9.47 Å². The fourth-order valence-electron chi connectivity index (χ4n) is 1.28. The number of pyridine rings is 1. The van der Waals surface area contributed by atoms with Crippen LogP contribution < -0.4 is 9.46 Å². The van der Waals surface area contributed by atoms with Crippen LogP contribution in [-0.2, 0) is 14.9 Å². The molecule has 1 aromatic rings. The summed E-state index contributed by atoms with van der Waals surface area (Å²) in [5.41, 5.74) is 0.164. The second kappa shape index (κ2) is 6.53. The first kappa shape index (κ1) is 16.2. The summed E-state index contributed by atoms with van der Waals surface area (Å²) in [6, 6.07) is 2.73. The second-order valence-corrected chi connectivity index (χ2v) is 5.54. The van der Waals surface area contributed by atoms with E-state index in [4.69, 9.17) is 4.74 Å². The number of hydrogen-bond donors (Lipinski definition) is 1. The highest BCUT2D eigenvalue weighted by Gasteiger charge is 2.20. The monoisotopic (exact) mass is 303 g/mol. The summed E-state index contributed by atoms with van der Waals surface area (Å²) in [6.07, 6.45) is 0. The zero-order chi connectivity index (χ0) is 15.3. The van der Waals surface area contributed by atoms with E-state index in [9.17, 15) is 13.2 Å². The van der Waals surface area contributed by atoms with Crippen LogP contribution >= 0.6 is 0 Å². The van der Waals surface area contributed by atoms with Crippen LogP contribution in [-0.4, -0.2) is 51.5 Å². The molecule has 1 aromatic heterocycles. The van der Waals surface area contributed by atoms with Gasteiger partial charge >= 0.3 is 16.2 Å². The zero-order valence-electron chi connectivity index (χ0n) is 11.7. The van der Waals surface area contributed by atoms with Crippen LogP contribution in [0.5, 0.6) is 5.88 Å². The molecule has 0 saturated carbocycles. The van der Waals surface area contributed by atoms with Crippen molar-refractivity contribution in [1.82, 2.24) is 9.29 Å². The van der Waals surface area contributed by atoms with Gasteiger partial charge in [-0.2, -0.15) is 12.7 Å². The van der Waals surface area contributed by atoms with Gasteiger partial charge in [-0.05, 0) is 12.1 Å². The van der Waals surface area contributed by atoms with Crippen molar-refractivity contribution in [3.8, 4) is 5.88 Å². The number of aromatic nitrogens is 1. The average Bonchev–Trinajstić information content (AvgIpc) is 2.45. The van der Waals surface area contributed by atoms with Gasteiger partial charge in [-0.25, -0.2) is 9.78 Å². The molecule has 0 radical (unpaired) electrons. The molecule has 9 heteroatoms. The van der Waals surface area contributed by atoms with E-state index >= 15 is 0 Å². The predicted molar refractivity (Wildman–Crippen MR) is 73.0 cm³/mol. The molecule has 0 atom stereocenters. The highest BCUT2D eigenvalue weighted by Crippen LogP contribution is 2.23. The number of anilines is 1. The SMILES string of the molecule is CCN(C)S(=O)(=O)Nc1ccc(C(=O)OC)nc1OC. The summed E-state index contributed by atoms with van der Waals surface area (Å²) in [5, 5.41) is 0. The smallest absolute Gasteiger partial charge is 0.356 e. The lowest BCUT2D eigenvalue weighted by Gasteiger charge is -2.17. The van der Waals surface area contributed by atoms with E-state index in [2.05, 4.69) is 14.4 Å². The number of ether oxygens (including phenoxy) is 2. The van der Waals surface area contributed by atoms with E-state index in [1.54, 1.807) is 6.92 Å². The van der Waals surface area contributed by atoms with Gasteiger partial charge in [0, 0.05) is 13.6 Å². The first-order valence-corrected chi connectivity index (χ1v) is 7.17. The maximum atomic E-state index is 11.9. The van der Waals surface area contributed by atoms with Crippen LogP contribution in [0.4, 0.5) is 5.69 Å². The molecular weight excluding hydrogens is 286 g/mol. The average molecular weight is 303 g/mol. The molecule has 0 unspecified atom stereocenters. The Morgan fingerprint density at radius 3 is 2.55 bits per heavy atom. The molecule has 1 heterocycles. The fourth-order valence-corrected chi connectivity index (χ4v) is 2.21. The van der Waals surface area contributed by atoms with Crippen molar-refractivity contribution in [2.45, 2.75) is 6.92 Å². The fraction of sp³-hybridized carbons (Fsp3) is 0.455. The molecule has 0 amide bonds. The largest absolute Gasteiger partial charge is 0.479 e. The maximum Gasteiger partial charge on any atom is 0.356 e. The van der Waals surface area contributed by atoms with Gasteiger partial charge in [-0.15, -0.1) is 0 Å². The maximum absolute atomic E-state index is 11.9. The number of carbonyl (C=O) groups is 1. The van der Waals surface area contributed by atoms with Crippen molar-refractivity contribution in [3.05, 3.63) is 17.8 Å². The van der Waals surface area contributed by atoms with Gasteiger partial charge in [0.1, 0.15) is 5.69 Å². The number of carbonyl (C=O) groups excluding carboxylic acids is 1. The van der Waals surface area contributed by atoms with Crippen LogP contribution in [0.1, 0.15) is 17.4 Å². The Morgan fingerprint density at radius 1 is 1.40 bits per heavy atom. The van der Waals surface area contributed by atoms with E-state index in [1.165, 1.54) is 33.4 Å². The first-order chi connectivity index (χ1) is 9.35. The van der Waals surface area contributed by atoms with Crippen LogP contribution in [0, 0.1) is 0 Å². The Morgan fingerprint density at radius 2 is 2.05 bits per heavy atom. The molecule has 20 heavy (non-hydrogen) atoms. The van der Waals surface area contributed by atoms with Gasteiger partial charge in [0.25, 0.3) is 0 Å². The van der Waals surface area contributed by atoms with Crippen LogP contribution in [0.15, 0.2) is 12.1 Å². The van der Waals surface area contributed by atoms with Crippen LogP contribution in [0.2, 0.25) is 0 Å². The van der Waals surface area contributed by atoms with Gasteiger partial charge in [0.05, 0.1) is 14.2 Å². The van der Waals surface area contributed by atoms with Crippen molar-refractivity contribution < 1.29 is 22.7 Å². The van der Waals surface area contributed by atoms with E-state index < -0.39 is 16.2 Å². The van der Waals surface area contributed by atoms with Crippen molar-refractivity contribution in [1.29, 1.82) is 0 Å². The van der Waals surface area contributed by atoms with Gasteiger partial charge in [-0.3, -0.25) is 4.72 Å². The van der Waals surface area contributed by atoms with Crippen molar-refractivity contribution >= 4 is 21.9 Å². The number of hydrogen-bond acceptors (Lipinski definition) is 6. The normalized spacial score (nSPS) is 11.2. The van der Waals surface area contributed by atoms with Gasteiger partial charge in [-0.1, -0.05) is 6.92 Å². The van der Waals surface area contributed by atoms with E-state index in [0.717, 1.165) is 4.31 Å². The summed E-state index contributed by atoms with van der Waals surface area (Å²) in [6.45, 7) is 2.01. The standard InChI is InChI=1S/C11H17N3O5S/c1-5-14(2)20(16,17)13-8-6-7-9(11(15)19-4)12-10(8)18-3/h6-7,13H,5H2,1-4H3. The molecular formula is C11H17N3O5S. The topological polar surface area (TPSA) is 97.8 Å². The molecule has 0 aliphatic carbocycles. The van der Waals surface area contributed by atoms with Gasteiger partial charge in [0.15, 0.2) is 5.69 Å². The Bertz CT molecular complexity index is 588. The highest BCUT2D eigenvalue weighted by molar-refractivity contribution is 7.90. The molecule has 1 rings (SSSR count). The lowest BCUT2D eigenvalue weighted by atomic mass is 10.3. The molecule has 0 bridgehead atoms. The zero-order valence-corrected chi connectivity index (χ0v) is 12.5. The molecule has 8 nitrogen and oxygen atoms in total. The number of methoxy groups -OCH3 is 2. The second-order valence-electron chi connectivity index (χ2n) is 3.77. The Balaban J connectivity index is 3.11. The lowest BCUT2D eigenvalue weighted by molar-refractivity contribution is 0.0593. The number of rotatable bonds is 6. The highest BCUT2D eigenvalue weighted by atomic mass is 32.2. The number of esters is 1. The third kappa shape index (κ3) is 3.58. The van der Waals surface area contributed by atoms with Crippen LogP contribution in [0.3, 0.4) is 0 Å².